The van der Waals surface area contributed by atoms with Gasteiger partial charge in [0.1, 0.15) is 0 Å². The molecular weight excluding hydrogens is 290 g/mol. The van der Waals surface area contributed by atoms with E-state index < -0.39 is 15.6 Å². The van der Waals surface area contributed by atoms with E-state index in [4.69, 9.17) is 5.73 Å². The third kappa shape index (κ3) is 3.87. The summed E-state index contributed by atoms with van der Waals surface area (Å²) in [6.07, 6.45) is 3.55. The first-order valence-corrected chi connectivity index (χ1v) is 8.70. The third-order valence-electron chi connectivity index (χ3n) is 3.81. The van der Waals surface area contributed by atoms with Crippen LogP contribution in [0, 0.1) is 0 Å². The first kappa shape index (κ1) is 16.1. The summed E-state index contributed by atoms with van der Waals surface area (Å²) in [5.74, 6) is 0. The van der Waals surface area contributed by atoms with Crippen molar-refractivity contribution in [3.8, 4) is 0 Å². The summed E-state index contributed by atoms with van der Waals surface area (Å²) in [5.41, 5.74) is 6.16. The smallest absolute Gasteiger partial charge is 0.240 e. The van der Waals surface area contributed by atoms with E-state index in [1.54, 1.807) is 13.0 Å². The molecule has 1 fully saturated rings. The molecule has 0 spiro atoms. The number of hydrogen-bond acceptors (Lipinski definition) is 5. The van der Waals surface area contributed by atoms with Crippen molar-refractivity contribution in [1.29, 1.82) is 0 Å². The van der Waals surface area contributed by atoms with Crippen LogP contribution in [0.4, 0.5) is 11.4 Å². The standard InChI is InChI=1S/C14H23N3O3S/c1-2-17-21(19,20)11-5-6-12(15)13(9-11)16-10-14(18)7-3-4-8-14/h5-6,9,16-18H,2-4,7-8,10,15H2,1H3. The number of sulfonamides is 1. The predicted molar refractivity (Wildman–Crippen MR) is 83.6 cm³/mol. The largest absolute Gasteiger partial charge is 0.397 e. The lowest BCUT2D eigenvalue weighted by Crippen LogP contribution is -2.33. The minimum absolute atomic E-state index is 0.166. The van der Waals surface area contributed by atoms with Gasteiger partial charge in [0.2, 0.25) is 10.0 Å². The number of rotatable bonds is 6. The lowest BCUT2D eigenvalue weighted by atomic mass is 10.0. The summed E-state index contributed by atoms with van der Waals surface area (Å²) in [6.45, 7) is 2.43. The average molecular weight is 313 g/mol. The van der Waals surface area contributed by atoms with Gasteiger partial charge in [0.15, 0.2) is 0 Å². The molecule has 1 saturated carbocycles. The molecule has 0 atom stereocenters. The molecule has 1 aliphatic rings. The van der Waals surface area contributed by atoms with Crippen LogP contribution in [0.15, 0.2) is 23.1 Å². The Balaban J connectivity index is 2.16. The van der Waals surface area contributed by atoms with Crippen molar-refractivity contribution < 1.29 is 13.5 Å². The number of hydrogen-bond donors (Lipinski definition) is 4. The summed E-state index contributed by atoms with van der Waals surface area (Å²) in [7, 11) is -3.51. The molecule has 0 bridgehead atoms. The van der Waals surface area contributed by atoms with Crippen LogP contribution < -0.4 is 15.8 Å². The highest BCUT2D eigenvalue weighted by molar-refractivity contribution is 7.89. The highest BCUT2D eigenvalue weighted by Crippen LogP contribution is 2.31. The summed E-state index contributed by atoms with van der Waals surface area (Å²) >= 11 is 0. The van der Waals surface area contributed by atoms with E-state index in [9.17, 15) is 13.5 Å². The Morgan fingerprint density at radius 1 is 1.33 bits per heavy atom. The van der Waals surface area contributed by atoms with E-state index >= 15 is 0 Å². The number of nitrogens with two attached hydrogens (primary N) is 1. The zero-order chi connectivity index (χ0) is 15.5. The normalized spacial score (nSPS) is 17.8. The zero-order valence-electron chi connectivity index (χ0n) is 12.2. The number of aliphatic hydroxyl groups is 1. The van der Waals surface area contributed by atoms with Crippen LogP contribution >= 0.6 is 0 Å². The van der Waals surface area contributed by atoms with Crippen LogP contribution in [0.25, 0.3) is 0 Å². The van der Waals surface area contributed by atoms with E-state index in [1.807, 2.05) is 0 Å². The molecule has 118 valence electrons. The van der Waals surface area contributed by atoms with Gasteiger partial charge in [-0.1, -0.05) is 19.8 Å². The maximum absolute atomic E-state index is 12.0. The Morgan fingerprint density at radius 3 is 2.62 bits per heavy atom. The first-order chi connectivity index (χ1) is 9.86. The van der Waals surface area contributed by atoms with Crippen molar-refractivity contribution in [2.24, 2.45) is 0 Å². The maximum Gasteiger partial charge on any atom is 0.240 e. The topological polar surface area (TPSA) is 104 Å². The molecule has 5 N–H and O–H groups in total. The van der Waals surface area contributed by atoms with Gasteiger partial charge in [0, 0.05) is 13.1 Å². The SMILES string of the molecule is CCNS(=O)(=O)c1ccc(N)c(NCC2(O)CCCC2)c1. The molecule has 1 aliphatic carbocycles. The summed E-state index contributed by atoms with van der Waals surface area (Å²) in [5, 5.41) is 13.4. The molecule has 0 aliphatic heterocycles. The summed E-state index contributed by atoms with van der Waals surface area (Å²) in [6, 6.07) is 4.54. The fourth-order valence-electron chi connectivity index (χ4n) is 2.60. The molecule has 6 nitrogen and oxygen atoms in total. The third-order valence-corrected chi connectivity index (χ3v) is 5.35. The van der Waals surface area contributed by atoms with Crippen molar-refractivity contribution >= 4 is 21.4 Å². The second-order valence-electron chi connectivity index (χ2n) is 5.54. The van der Waals surface area contributed by atoms with E-state index in [2.05, 4.69) is 10.0 Å². The molecule has 1 aromatic rings. The summed E-state index contributed by atoms with van der Waals surface area (Å²) < 4.78 is 26.4. The molecule has 7 heteroatoms. The quantitative estimate of drug-likeness (QED) is 0.592. The second-order valence-corrected chi connectivity index (χ2v) is 7.30. The Bertz CT molecular complexity index is 595. The predicted octanol–water partition coefficient (Wildman–Crippen LogP) is 1.28. The van der Waals surface area contributed by atoms with Gasteiger partial charge in [-0.25, -0.2) is 13.1 Å². The van der Waals surface area contributed by atoms with E-state index in [1.165, 1.54) is 12.1 Å². The minimum atomic E-state index is -3.51. The lowest BCUT2D eigenvalue weighted by molar-refractivity contribution is 0.0615. The van der Waals surface area contributed by atoms with Gasteiger partial charge in [-0.3, -0.25) is 0 Å². The molecule has 0 radical (unpaired) electrons. The van der Waals surface area contributed by atoms with E-state index in [0.717, 1.165) is 25.7 Å². The Labute approximate surface area is 125 Å². The second kappa shape index (κ2) is 6.21. The van der Waals surface area contributed by atoms with E-state index in [-0.39, 0.29) is 4.90 Å². The Kier molecular flexibility index (Phi) is 4.75. The van der Waals surface area contributed by atoms with Crippen molar-refractivity contribution in [3.63, 3.8) is 0 Å². The lowest BCUT2D eigenvalue weighted by Gasteiger charge is -2.23. The van der Waals surface area contributed by atoms with Crippen LogP contribution in [0.5, 0.6) is 0 Å². The maximum atomic E-state index is 12.0. The van der Waals surface area contributed by atoms with Gasteiger partial charge < -0.3 is 16.2 Å². The zero-order valence-corrected chi connectivity index (χ0v) is 13.0. The molecule has 0 unspecified atom stereocenters. The van der Waals surface area contributed by atoms with Gasteiger partial charge in [-0.05, 0) is 31.0 Å². The highest BCUT2D eigenvalue weighted by atomic mass is 32.2. The van der Waals surface area contributed by atoms with Crippen LogP contribution in [-0.4, -0.2) is 32.2 Å². The molecule has 0 heterocycles. The number of anilines is 2. The molecule has 21 heavy (non-hydrogen) atoms. The van der Waals surface area contributed by atoms with Gasteiger partial charge in [0.05, 0.1) is 21.9 Å². The molecule has 1 aromatic carbocycles. The highest BCUT2D eigenvalue weighted by Gasteiger charge is 2.30. The van der Waals surface area contributed by atoms with Crippen LogP contribution in [0.3, 0.4) is 0 Å². The van der Waals surface area contributed by atoms with Gasteiger partial charge in [-0.15, -0.1) is 0 Å². The molecule has 0 aromatic heterocycles. The van der Waals surface area contributed by atoms with Gasteiger partial charge in [0.25, 0.3) is 0 Å². The minimum Gasteiger partial charge on any atom is -0.397 e. The molecular formula is C14H23N3O3S. The van der Waals surface area contributed by atoms with Crippen molar-refractivity contribution in [1.82, 2.24) is 4.72 Å². The molecule has 2 rings (SSSR count). The fourth-order valence-corrected chi connectivity index (χ4v) is 3.67. The molecule has 0 amide bonds. The van der Waals surface area contributed by atoms with Crippen molar-refractivity contribution in [2.75, 3.05) is 24.1 Å². The van der Waals surface area contributed by atoms with Crippen LogP contribution in [0.2, 0.25) is 0 Å². The van der Waals surface area contributed by atoms with E-state index in [0.29, 0.717) is 24.5 Å². The Hall–Kier alpha value is -1.31. The Morgan fingerprint density at radius 2 is 2.00 bits per heavy atom. The van der Waals surface area contributed by atoms with Crippen LogP contribution in [0.1, 0.15) is 32.6 Å². The first-order valence-electron chi connectivity index (χ1n) is 7.22. The monoisotopic (exact) mass is 313 g/mol. The molecule has 0 saturated heterocycles. The number of benzene rings is 1. The fraction of sp³-hybridized carbons (Fsp3) is 0.571. The van der Waals surface area contributed by atoms with Crippen LogP contribution in [-0.2, 0) is 10.0 Å². The van der Waals surface area contributed by atoms with Gasteiger partial charge >= 0.3 is 0 Å². The summed E-state index contributed by atoms with van der Waals surface area (Å²) in [4.78, 5) is 0.166. The number of nitrogens with one attached hydrogen (secondary N) is 2. The number of nitrogen functional groups attached to an aromatic ring is 1. The van der Waals surface area contributed by atoms with Crippen molar-refractivity contribution in [3.05, 3.63) is 18.2 Å². The average Bonchev–Trinajstić information content (AvgIpc) is 2.85. The van der Waals surface area contributed by atoms with Crippen molar-refractivity contribution in [2.45, 2.75) is 43.1 Å². The van der Waals surface area contributed by atoms with Gasteiger partial charge in [-0.2, -0.15) is 0 Å².